The van der Waals surface area contributed by atoms with Crippen molar-refractivity contribution in [3.05, 3.63) is 0 Å². The number of aliphatic hydroxyl groups is 1. The Bertz CT molecular complexity index is 217. The van der Waals surface area contributed by atoms with Crippen LogP contribution in [0, 0.1) is 11.8 Å². The average Bonchev–Trinajstić information content (AvgIpc) is 2.24. The number of aliphatic hydroxyl groups excluding tert-OH is 1. The topological polar surface area (TPSA) is 61.4 Å². The second-order valence-corrected chi connectivity index (χ2v) is 5.39. The van der Waals surface area contributed by atoms with Crippen molar-refractivity contribution < 1.29 is 9.90 Å². The van der Waals surface area contributed by atoms with E-state index in [-0.39, 0.29) is 24.6 Å². The molecule has 0 rings (SSSR count). The fraction of sp³-hybridized carbons (Fsp3) is 0.923. The first kappa shape index (κ1) is 16.4. The standard InChI is InChI=1S/C13H28N2O2/c1-9(2)6-7-14-13(17)11(5)15-12(8-16)10(3)4/h9-12,15-16H,6-8H2,1-5H3,(H,14,17). The van der Waals surface area contributed by atoms with Gasteiger partial charge in [-0.2, -0.15) is 0 Å². The van der Waals surface area contributed by atoms with E-state index in [1.165, 1.54) is 0 Å². The van der Waals surface area contributed by atoms with Gasteiger partial charge in [0.1, 0.15) is 0 Å². The quantitative estimate of drug-likeness (QED) is 0.600. The minimum absolute atomic E-state index is 0.00440. The zero-order valence-electron chi connectivity index (χ0n) is 11.8. The monoisotopic (exact) mass is 244 g/mol. The first-order chi connectivity index (χ1) is 7.88. The number of amides is 1. The van der Waals surface area contributed by atoms with Gasteiger partial charge in [0.25, 0.3) is 0 Å². The lowest BCUT2D eigenvalue weighted by Crippen LogP contribution is -2.49. The van der Waals surface area contributed by atoms with Crippen molar-refractivity contribution in [3.63, 3.8) is 0 Å². The minimum Gasteiger partial charge on any atom is -0.395 e. The van der Waals surface area contributed by atoms with Crippen molar-refractivity contribution >= 4 is 5.91 Å². The first-order valence-electron chi connectivity index (χ1n) is 6.53. The van der Waals surface area contributed by atoms with Crippen LogP contribution in [0.15, 0.2) is 0 Å². The van der Waals surface area contributed by atoms with Gasteiger partial charge in [-0.1, -0.05) is 27.7 Å². The molecule has 17 heavy (non-hydrogen) atoms. The molecule has 0 aliphatic carbocycles. The summed E-state index contributed by atoms with van der Waals surface area (Å²) < 4.78 is 0. The molecule has 0 aromatic carbocycles. The van der Waals surface area contributed by atoms with Gasteiger partial charge in [-0.15, -0.1) is 0 Å². The van der Waals surface area contributed by atoms with Gasteiger partial charge >= 0.3 is 0 Å². The Morgan fingerprint density at radius 1 is 1.18 bits per heavy atom. The highest BCUT2D eigenvalue weighted by atomic mass is 16.3. The van der Waals surface area contributed by atoms with Crippen molar-refractivity contribution in [1.82, 2.24) is 10.6 Å². The molecule has 4 heteroatoms. The Balaban J connectivity index is 3.95. The summed E-state index contributed by atoms with van der Waals surface area (Å²) in [5, 5.41) is 15.2. The Morgan fingerprint density at radius 3 is 2.18 bits per heavy atom. The van der Waals surface area contributed by atoms with Crippen LogP contribution in [0.25, 0.3) is 0 Å². The van der Waals surface area contributed by atoms with Gasteiger partial charge in [0, 0.05) is 12.6 Å². The van der Waals surface area contributed by atoms with Crippen LogP contribution >= 0.6 is 0 Å². The molecule has 0 aromatic heterocycles. The molecule has 0 aliphatic heterocycles. The van der Waals surface area contributed by atoms with Gasteiger partial charge in [0.2, 0.25) is 5.91 Å². The molecule has 2 unspecified atom stereocenters. The molecule has 0 aromatic rings. The summed E-state index contributed by atoms with van der Waals surface area (Å²) >= 11 is 0. The number of rotatable bonds is 8. The van der Waals surface area contributed by atoms with Crippen LogP contribution in [0.1, 0.15) is 41.0 Å². The van der Waals surface area contributed by atoms with E-state index < -0.39 is 0 Å². The fourth-order valence-corrected chi connectivity index (χ4v) is 1.49. The lowest BCUT2D eigenvalue weighted by atomic mass is 10.0. The zero-order valence-corrected chi connectivity index (χ0v) is 11.8. The first-order valence-corrected chi connectivity index (χ1v) is 6.53. The molecule has 0 bridgehead atoms. The number of hydrogen-bond donors (Lipinski definition) is 3. The molecule has 102 valence electrons. The van der Waals surface area contributed by atoms with E-state index in [0.717, 1.165) is 6.42 Å². The molecular formula is C13H28N2O2. The van der Waals surface area contributed by atoms with Crippen LogP contribution in [0.4, 0.5) is 0 Å². The van der Waals surface area contributed by atoms with Gasteiger partial charge in [-0.3, -0.25) is 4.79 Å². The normalized spacial score (nSPS) is 15.1. The van der Waals surface area contributed by atoms with Gasteiger partial charge in [-0.25, -0.2) is 0 Å². The highest BCUT2D eigenvalue weighted by Gasteiger charge is 2.19. The van der Waals surface area contributed by atoms with E-state index in [2.05, 4.69) is 24.5 Å². The van der Waals surface area contributed by atoms with E-state index >= 15 is 0 Å². The third-order valence-electron chi connectivity index (χ3n) is 2.88. The molecule has 0 aliphatic rings. The fourth-order valence-electron chi connectivity index (χ4n) is 1.49. The van der Waals surface area contributed by atoms with E-state index in [1.54, 1.807) is 0 Å². The summed E-state index contributed by atoms with van der Waals surface area (Å²) in [5.41, 5.74) is 0. The maximum atomic E-state index is 11.7. The van der Waals surface area contributed by atoms with Gasteiger partial charge in [0.05, 0.1) is 12.6 Å². The summed E-state index contributed by atoms with van der Waals surface area (Å²) in [6, 6.07) is -0.289. The van der Waals surface area contributed by atoms with Crippen LogP contribution in [-0.4, -0.2) is 36.2 Å². The third kappa shape index (κ3) is 7.34. The number of carbonyl (C=O) groups excluding carboxylic acids is 1. The van der Waals surface area contributed by atoms with Crippen LogP contribution in [0.5, 0.6) is 0 Å². The van der Waals surface area contributed by atoms with Crippen LogP contribution in [0.3, 0.4) is 0 Å². The molecule has 0 saturated carbocycles. The van der Waals surface area contributed by atoms with Crippen LogP contribution in [0.2, 0.25) is 0 Å². The predicted octanol–water partition coefficient (Wildman–Crippen LogP) is 1.14. The molecule has 3 N–H and O–H groups in total. The van der Waals surface area contributed by atoms with Crippen molar-refractivity contribution in [1.29, 1.82) is 0 Å². The highest BCUT2D eigenvalue weighted by Crippen LogP contribution is 2.02. The second kappa shape index (κ2) is 8.48. The molecule has 0 fully saturated rings. The molecule has 2 atom stereocenters. The van der Waals surface area contributed by atoms with Crippen molar-refractivity contribution in [3.8, 4) is 0 Å². The summed E-state index contributed by atoms with van der Waals surface area (Å²) in [5.74, 6) is 0.912. The molecule has 0 saturated heterocycles. The number of carbonyl (C=O) groups is 1. The van der Waals surface area contributed by atoms with Crippen molar-refractivity contribution in [2.24, 2.45) is 11.8 Å². The minimum atomic E-state index is -0.262. The van der Waals surface area contributed by atoms with E-state index in [4.69, 9.17) is 0 Å². The van der Waals surface area contributed by atoms with Crippen LogP contribution < -0.4 is 10.6 Å². The SMILES string of the molecule is CC(C)CCNC(=O)C(C)NC(CO)C(C)C. The zero-order chi connectivity index (χ0) is 13.4. The summed E-state index contributed by atoms with van der Waals surface area (Å²) in [7, 11) is 0. The van der Waals surface area contributed by atoms with Crippen molar-refractivity contribution in [2.45, 2.75) is 53.1 Å². The van der Waals surface area contributed by atoms with Gasteiger partial charge < -0.3 is 15.7 Å². The van der Waals surface area contributed by atoms with Crippen molar-refractivity contribution in [2.75, 3.05) is 13.2 Å². The molecule has 0 radical (unpaired) electrons. The Morgan fingerprint density at radius 2 is 1.76 bits per heavy atom. The van der Waals surface area contributed by atoms with E-state index in [1.807, 2.05) is 20.8 Å². The molecule has 1 amide bonds. The van der Waals surface area contributed by atoms with E-state index in [0.29, 0.717) is 18.4 Å². The number of nitrogens with one attached hydrogen (secondary N) is 2. The van der Waals surface area contributed by atoms with E-state index in [9.17, 15) is 9.90 Å². The lowest BCUT2D eigenvalue weighted by Gasteiger charge is -2.24. The average molecular weight is 244 g/mol. The maximum Gasteiger partial charge on any atom is 0.236 e. The van der Waals surface area contributed by atoms with Crippen LogP contribution in [-0.2, 0) is 4.79 Å². The molecule has 0 heterocycles. The summed E-state index contributed by atoms with van der Waals surface area (Å²) in [6.07, 6.45) is 0.992. The number of hydrogen-bond acceptors (Lipinski definition) is 3. The maximum absolute atomic E-state index is 11.7. The second-order valence-electron chi connectivity index (χ2n) is 5.39. The van der Waals surface area contributed by atoms with Gasteiger partial charge in [-0.05, 0) is 25.2 Å². The molecule has 4 nitrogen and oxygen atoms in total. The predicted molar refractivity (Wildman–Crippen MR) is 70.8 cm³/mol. The Labute approximate surface area is 105 Å². The summed E-state index contributed by atoms with van der Waals surface area (Å²) in [6.45, 7) is 10.9. The Hall–Kier alpha value is -0.610. The van der Waals surface area contributed by atoms with Gasteiger partial charge in [0.15, 0.2) is 0 Å². The highest BCUT2D eigenvalue weighted by molar-refractivity contribution is 5.81. The smallest absolute Gasteiger partial charge is 0.236 e. The Kier molecular flexibility index (Phi) is 8.17. The molecule has 0 spiro atoms. The third-order valence-corrected chi connectivity index (χ3v) is 2.88. The lowest BCUT2D eigenvalue weighted by molar-refractivity contribution is -0.123. The molecular weight excluding hydrogens is 216 g/mol. The largest absolute Gasteiger partial charge is 0.395 e. The summed E-state index contributed by atoms with van der Waals surface area (Å²) in [4.78, 5) is 11.7.